The van der Waals surface area contributed by atoms with E-state index in [1.807, 2.05) is 0 Å². The number of hydrogen-bond donors (Lipinski definition) is 2. The van der Waals surface area contributed by atoms with E-state index < -0.39 is 0 Å². The SMILES string of the molecule is O=c1ccnc[nH]1.S=c1ccnc[nH]1. The molecule has 0 aliphatic carbocycles. The maximum Gasteiger partial charge on any atom is 0.250 e. The van der Waals surface area contributed by atoms with Gasteiger partial charge in [-0.25, -0.2) is 9.97 Å². The minimum Gasteiger partial charge on any atom is -0.337 e. The predicted octanol–water partition coefficient (Wildman–Crippen LogP) is 0.909. The Bertz CT molecular complexity index is 398. The van der Waals surface area contributed by atoms with E-state index in [1.54, 1.807) is 18.6 Å². The molecule has 0 aromatic carbocycles. The molecule has 0 aliphatic heterocycles. The van der Waals surface area contributed by atoms with Gasteiger partial charge in [0.25, 0.3) is 5.56 Å². The van der Waals surface area contributed by atoms with Gasteiger partial charge in [-0.05, 0) is 6.07 Å². The molecule has 6 heteroatoms. The number of aromatic nitrogens is 4. The van der Waals surface area contributed by atoms with E-state index in [2.05, 4.69) is 19.9 Å². The monoisotopic (exact) mass is 208 g/mol. The average molecular weight is 208 g/mol. The van der Waals surface area contributed by atoms with Gasteiger partial charge in [-0.2, -0.15) is 0 Å². The van der Waals surface area contributed by atoms with Crippen molar-refractivity contribution in [3.8, 4) is 0 Å². The molecular weight excluding hydrogens is 200 g/mol. The van der Waals surface area contributed by atoms with Crippen molar-refractivity contribution in [2.45, 2.75) is 0 Å². The van der Waals surface area contributed by atoms with Gasteiger partial charge in [0.2, 0.25) is 0 Å². The second kappa shape index (κ2) is 5.76. The van der Waals surface area contributed by atoms with Gasteiger partial charge in [-0.3, -0.25) is 4.79 Å². The zero-order chi connectivity index (χ0) is 10.2. The van der Waals surface area contributed by atoms with Crippen molar-refractivity contribution in [1.29, 1.82) is 0 Å². The third-order valence-electron chi connectivity index (χ3n) is 1.19. The van der Waals surface area contributed by atoms with Crippen LogP contribution in [0.5, 0.6) is 0 Å². The Morgan fingerprint density at radius 3 is 1.93 bits per heavy atom. The Balaban J connectivity index is 0.000000140. The van der Waals surface area contributed by atoms with Crippen molar-refractivity contribution in [2.24, 2.45) is 0 Å². The predicted molar refractivity (Wildman–Crippen MR) is 54.3 cm³/mol. The summed E-state index contributed by atoms with van der Waals surface area (Å²) in [4.78, 5) is 22.6. The van der Waals surface area contributed by atoms with Crippen LogP contribution >= 0.6 is 12.2 Å². The fraction of sp³-hybridized carbons (Fsp3) is 0. The second-order valence-electron chi connectivity index (χ2n) is 2.20. The first-order valence-electron chi connectivity index (χ1n) is 3.76. The Kier molecular flexibility index (Phi) is 4.22. The fourth-order valence-corrected chi connectivity index (χ4v) is 0.719. The molecule has 0 atom stereocenters. The van der Waals surface area contributed by atoms with Crippen molar-refractivity contribution in [3.63, 3.8) is 0 Å². The molecule has 0 fully saturated rings. The van der Waals surface area contributed by atoms with E-state index in [9.17, 15) is 4.79 Å². The summed E-state index contributed by atoms with van der Waals surface area (Å²) in [5.41, 5.74) is -0.116. The van der Waals surface area contributed by atoms with Crippen LogP contribution in [0, 0.1) is 4.64 Å². The molecule has 0 spiro atoms. The molecule has 2 N–H and O–H groups in total. The Morgan fingerprint density at radius 2 is 1.71 bits per heavy atom. The topological polar surface area (TPSA) is 74.4 Å². The molecule has 0 saturated heterocycles. The molecule has 0 amide bonds. The standard InChI is InChI=1S/C4H4N2O.C4H4N2S/c2*7-4-1-2-5-3-6-4/h2*1-3H,(H,5,6,7). The van der Waals surface area contributed by atoms with Crippen LogP contribution in [-0.4, -0.2) is 19.9 Å². The van der Waals surface area contributed by atoms with E-state index in [1.165, 1.54) is 18.6 Å². The maximum atomic E-state index is 10.2. The molecule has 0 saturated carbocycles. The smallest absolute Gasteiger partial charge is 0.250 e. The van der Waals surface area contributed by atoms with Crippen LogP contribution < -0.4 is 5.56 Å². The van der Waals surface area contributed by atoms with Gasteiger partial charge < -0.3 is 9.97 Å². The molecule has 0 bridgehead atoms. The van der Waals surface area contributed by atoms with Gasteiger partial charge in [-0.15, -0.1) is 0 Å². The van der Waals surface area contributed by atoms with Crippen LogP contribution in [0.25, 0.3) is 0 Å². The lowest BCUT2D eigenvalue weighted by atomic mass is 10.7. The van der Waals surface area contributed by atoms with Gasteiger partial charge >= 0.3 is 0 Å². The summed E-state index contributed by atoms with van der Waals surface area (Å²) in [7, 11) is 0. The fourth-order valence-electron chi connectivity index (χ4n) is 0.606. The Morgan fingerprint density at radius 1 is 1.07 bits per heavy atom. The van der Waals surface area contributed by atoms with Crippen molar-refractivity contribution >= 4 is 12.2 Å². The normalized spacial score (nSPS) is 8.57. The van der Waals surface area contributed by atoms with Gasteiger partial charge in [-0.1, -0.05) is 12.2 Å². The first kappa shape index (κ1) is 10.3. The van der Waals surface area contributed by atoms with E-state index in [0.717, 1.165) is 4.64 Å². The summed E-state index contributed by atoms with van der Waals surface area (Å²) in [6.45, 7) is 0. The third-order valence-corrected chi connectivity index (χ3v) is 1.44. The summed E-state index contributed by atoms with van der Waals surface area (Å²) in [5.74, 6) is 0. The zero-order valence-electron chi connectivity index (χ0n) is 7.18. The van der Waals surface area contributed by atoms with Crippen LogP contribution in [0.4, 0.5) is 0 Å². The van der Waals surface area contributed by atoms with Crippen LogP contribution in [0.15, 0.2) is 42.0 Å². The van der Waals surface area contributed by atoms with Crippen molar-refractivity contribution in [3.05, 3.63) is 52.2 Å². The second-order valence-corrected chi connectivity index (χ2v) is 2.64. The van der Waals surface area contributed by atoms with Crippen LogP contribution in [0.2, 0.25) is 0 Å². The van der Waals surface area contributed by atoms with Crippen LogP contribution in [0.1, 0.15) is 0 Å². The molecule has 0 unspecified atom stereocenters. The number of rotatable bonds is 0. The van der Waals surface area contributed by atoms with Gasteiger partial charge in [0.05, 0.1) is 12.7 Å². The number of hydrogen-bond acceptors (Lipinski definition) is 4. The van der Waals surface area contributed by atoms with Crippen molar-refractivity contribution in [2.75, 3.05) is 0 Å². The highest BCUT2D eigenvalue weighted by Gasteiger charge is 1.70. The van der Waals surface area contributed by atoms with E-state index in [0.29, 0.717) is 0 Å². The summed E-state index contributed by atoms with van der Waals surface area (Å²) in [6.07, 6.45) is 6.00. The highest BCUT2D eigenvalue weighted by molar-refractivity contribution is 7.71. The van der Waals surface area contributed by atoms with Crippen molar-refractivity contribution < 1.29 is 0 Å². The molecule has 14 heavy (non-hydrogen) atoms. The molecule has 2 rings (SSSR count). The molecule has 0 radical (unpaired) electrons. The quantitative estimate of drug-likeness (QED) is 0.631. The number of nitrogens with zero attached hydrogens (tertiary/aromatic N) is 2. The minimum absolute atomic E-state index is 0.116. The highest BCUT2D eigenvalue weighted by Crippen LogP contribution is 1.76. The average Bonchev–Trinajstić information content (AvgIpc) is 2.21. The largest absolute Gasteiger partial charge is 0.337 e. The Labute approximate surface area is 84.9 Å². The number of H-pyrrole nitrogens is 2. The summed E-state index contributed by atoms with van der Waals surface area (Å²) >= 11 is 4.72. The first-order chi connectivity index (χ1) is 6.79. The molecule has 2 heterocycles. The van der Waals surface area contributed by atoms with Gasteiger partial charge in [0.1, 0.15) is 4.64 Å². The van der Waals surface area contributed by atoms with Crippen LogP contribution in [-0.2, 0) is 0 Å². The lowest BCUT2D eigenvalue weighted by Crippen LogP contribution is -2.00. The summed E-state index contributed by atoms with van der Waals surface area (Å²) < 4.78 is 0.718. The number of aromatic amines is 2. The van der Waals surface area contributed by atoms with Gasteiger partial charge in [0.15, 0.2) is 0 Å². The summed E-state index contributed by atoms with van der Waals surface area (Å²) in [5, 5.41) is 0. The Hall–Kier alpha value is -1.82. The molecule has 72 valence electrons. The minimum atomic E-state index is -0.116. The molecule has 0 aliphatic rings. The zero-order valence-corrected chi connectivity index (χ0v) is 7.99. The molecule has 2 aromatic heterocycles. The van der Waals surface area contributed by atoms with E-state index in [4.69, 9.17) is 12.2 Å². The number of nitrogens with one attached hydrogen (secondary N) is 2. The maximum absolute atomic E-state index is 10.2. The highest BCUT2D eigenvalue weighted by atomic mass is 32.1. The molecular formula is C8H8N4OS. The third kappa shape index (κ3) is 4.27. The molecule has 5 nitrogen and oxygen atoms in total. The van der Waals surface area contributed by atoms with E-state index >= 15 is 0 Å². The lowest BCUT2D eigenvalue weighted by Gasteiger charge is -1.76. The lowest BCUT2D eigenvalue weighted by molar-refractivity contribution is 1.12. The van der Waals surface area contributed by atoms with Crippen LogP contribution in [0.3, 0.4) is 0 Å². The van der Waals surface area contributed by atoms with Crippen molar-refractivity contribution in [1.82, 2.24) is 19.9 Å². The molecule has 2 aromatic rings. The van der Waals surface area contributed by atoms with Gasteiger partial charge in [0, 0.05) is 18.5 Å². The first-order valence-corrected chi connectivity index (χ1v) is 4.17. The van der Waals surface area contributed by atoms with E-state index in [-0.39, 0.29) is 5.56 Å². The summed E-state index contributed by atoms with van der Waals surface area (Å²) in [6, 6.07) is 3.09.